The van der Waals surface area contributed by atoms with Crippen molar-refractivity contribution in [3.8, 4) is 0 Å². The standard InChI is InChI=1S/C17H24N2O3/c1-2-22-17(21)13-8-10-15(11-9-13)19-16(20)12-18-14-6-4-3-5-7-14/h8-11,14,18H,2-7,12H2,1H3,(H,19,20). The van der Waals surface area contributed by atoms with Crippen molar-refractivity contribution in [1.29, 1.82) is 0 Å². The molecule has 22 heavy (non-hydrogen) atoms. The molecule has 1 fully saturated rings. The Labute approximate surface area is 131 Å². The summed E-state index contributed by atoms with van der Waals surface area (Å²) in [5.41, 5.74) is 1.17. The number of amides is 1. The second-order valence-corrected chi connectivity index (χ2v) is 5.56. The Hall–Kier alpha value is -1.88. The van der Waals surface area contributed by atoms with Gasteiger partial charge in [-0.15, -0.1) is 0 Å². The molecule has 0 aromatic heterocycles. The van der Waals surface area contributed by atoms with E-state index in [-0.39, 0.29) is 11.9 Å². The van der Waals surface area contributed by atoms with Crippen molar-refractivity contribution >= 4 is 17.6 Å². The lowest BCUT2D eigenvalue weighted by Gasteiger charge is -2.22. The van der Waals surface area contributed by atoms with Gasteiger partial charge in [-0.3, -0.25) is 4.79 Å². The molecule has 5 heteroatoms. The Morgan fingerprint density at radius 3 is 2.45 bits per heavy atom. The summed E-state index contributed by atoms with van der Waals surface area (Å²) < 4.78 is 4.92. The van der Waals surface area contributed by atoms with Gasteiger partial charge in [-0.25, -0.2) is 4.79 Å². The third-order valence-corrected chi connectivity index (χ3v) is 3.84. The molecule has 120 valence electrons. The summed E-state index contributed by atoms with van der Waals surface area (Å²) in [6, 6.07) is 7.20. The largest absolute Gasteiger partial charge is 0.462 e. The number of carbonyl (C=O) groups excluding carboxylic acids is 2. The van der Waals surface area contributed by atoms with Crippen molar-refractivity contribution in [2.24, 2.45) is 0 Å². The molecule has 1 aliphatic rings. The molecule has 1 aliphatic carbocycles. The highest BCUT2D eigenvalue weighted by Crippen LogP contribution is 2.17. The number of hydrogen-bond acceptors (Lipinski definition) is 4. The molecule has 0 spiro atoms. The number of nitrogens with one attached hydrogen (secondary N) is 2. The molecule has 0 saturated heterocycles. The molecule has 2 rings (SSSR count). The van der Waals surface area contributed by atoms with Crippen LogP contribution in [0.1, 0.15) is 49.4 Å². The molecule has 1 aromatic rings. The highest BCUT2D eigenvalue weighted by atomic mass is 16.5. The second-order valence-electron chi connectivity index (χ2n) is 5.56. The first kappa shape index (κ1) is 16.5. The van der Waals surface area contributed by atoms with Gasteiger partial charge in [0.15, 0.2) is 0 Å². The van der Waals surface area contributed by atoms with E-state index in [1.165, 1.54) is 19.3 Å². The van der Waals surface area contributed by atoms with Crippen LogP contribution in [0.3, 0.4) is 0 Å². The molecule has 0 bridgehead atoms. The van der Waals surface area contributed by atoms with Gasteiger partial charge in [-0.1, -0.05) is 19.3 Å². The summed E-state index contributed by atoms with van der Waals surface area (Å²) >= 11 is 0. The fourth-order valence-corrected chi connectivity index (χ4v) is 2.65. The first-order valence-corrected chi connectivity index (χ1v) is 7.99. The smallest absolute Gasteiger partial charge is 0.338 e. The lowest BCUT2D eigenvalue weighted by Crippen LogP contribution is -2.37. The summed E-state index contributed by atoms with van der Waals surface area (Å²) in [4.78, 5) is 23.4. The average molecular weight is 304 g/mol. The van der Waals surface area contributed by atoms with E-state index < -0.39 is 0 Å². The van der Waals surface area contributed by atoms with Crippen LogP contribution in [-0.4, -0.2) is 31.1 Å². The molecule has 0 radical (unpaired) electrons. The average Bonchev–Trinajstić information content (AvgIpc) is 2.55. The quantitative estimate of drug-likeness (QED) is 0.793. The van der Waals surface area contributed by atoms with Gasteiger partial charge in [-0.2, -0.15) is 0 Å². The fourth-order valence-electron chi connectivity index (χ4n) is 2.65. The maximum absolute atomic E-state index is 11.9. The summed E-state index contributed by atoms with van der Waals surface area (Å²) in [6.07, 6.45) is 6.10. The van der Waals surface area contributed by atoms with Gasteiger partial charge in [0.1, 0.15) is 0 Å². The molecule has 0 heterocycles. The zero-order chi connectivity index (χ0) is 15.8. The van der Waals surface area contributed by atoms with Gasteiger partial charge in [-0.05, 0) is 44.0 Å². The van der Waals surface area contributed by atoms with Gasteiger partial charge in [0, 0.05) is 11.7 Å². The van der Waals surface area contributed by atoms with Crippen molar-refractivity contribution in [3.63, 3.8) is 0 Å². The van der Waals surface area contributed by atoms with Crippen LogP contribution in [-0.2, 0) is 9.53 Å². The minimum absolute atomic E-state index is 0.0607. The highest BCUT2D eigenvalue weighted by Gasteiger charge is 2.14. The van der Waals surface area contributed by atoms with Gasteiger partial charge >= 0.3 is 5.97 Å². The van der Waals surface area contributed by atoms with Gasteiger partial charge < -0.3 is 15.4 Å². The fraction of sp³-hybridized carbons (Fsp3) is 0.529. The summed E-state index contributed by atoms with van der Waals surface area (Å²) in [5, 5.41) is 6.13. The van der Waals surface area contributed by atoms with Crippen LogP contribution in [0, 0.1) is 0 Å². The normalized spacial score (nSPS) is 15.3. The van der Waals surface area contributed by atoms with E-state index >= 15 is 0 Å². The first-order valence-electron chi connectivity index (χ1n) is 7.99. The van der Waals surface area contributed by atoms with Crippen molar-refractivity contribution in [1.82, 2.24) is 5.32 Å². The number of rotatable bonds is 6. The molecular weight excluding hydrogens is 280 g/mol. The second kappa shape index (κ2) is 8.54. The van der Waals surface area contributed by atoms with Crippen LogP contribution in [0.5, 0.6) is 0 Å². The monoisotopic (exact) mass is 304 g/mol. The molecule has 1 saturated carbocycles. The topological polar surface area (TPSA) is 67.4 Å². The molecular formula is C17H24N2O3. The number of ether oxygens (including phenoxy) is 1. The van der Waals surface area contributed by atoms with Crippen LogP contribution in [0.15, 0.2) is 24.3 Å². The Kier molecular flexibility index (Phi) is 6.40. The van der Waals surface area contributed by atoms with E-state index in [1.807, 2.05) is 0 Å². The molecule has 0 atom stereocenters. The van der Waals surface area contributed by atoms with E-state index in [2.05, 4.69) is 10.6 Å². The van der Waals surface area contributed by atoms with Crippen molar-refractivity contribution in [3.05, 3.63) is 29.8 Å². The number of anilines is 1. The molecule has 0 aliphatic heterocycles. The van der Waals surface area contributed by atoms with Crippen LogP contribution in [0.4, 0.5) is 5.69 Å². The summed E-state index contributed by atoms with van der Waals surface area (Å²) in [6.45, 7) is 2.44. The lowest BCUT2D eigenvalue weighted by atomic mass is 9.95. The molecule has 1 aromatic carbocycles. The maximum Gasteiger partial charge on any atom is 0.338 e. The van der Waals surface area contributed by atoms with Gasteiger partial charge in [0.25, 0.3) is 0 Å². The minimum atomic E-state index is -0.348. The van der Waals surface area contributed by atoms with Crippen molar-refractivity contribution < 1.29 is 14.3 Å². The van der Waals surface area contributed by atoms with Crippen molar-refractivity contribution in [2.45, 2.75) is 45.1 Å². The number of carbonyl (C=O) groups is 2. The van der Waals surface area contributed by atoms with E-state index in [9.17, 15) is 9.59 Å². The lowest BCUT2D eigenvalue weighted by molar-refractivity contribution is -0.115. The van der Waals surface area contributed by atoms with E-state index in [0.29, 0.717) is 30.4 Å². The highest BCUT2D eigenvalue weighted by molar-refractivity contribution is 5.94. The third kappa shape index (κ3) is 5.15. The zero-order valence-electron chi connectivity index (χ0n) is 13.1. The zero-order valence-corrected chi connectivity index (χ0v) is 13.1. The maximum atomic E-state index is 11.9. The summed E-state index contributed by atoms with van der Waals surface area (Å²) in [7, 11) is 0. The van der Waals surface area contributed by atoms with Crippen LogP contribution in [0.25, 0.3) is 0 Å². The minimum Gasteiger partial charge on any atom is -0.462 e. The van der Waals surface area contributed by atoms with Gasteiger partial charge in [0.05, 0.1) is 18.7 Å². The molecule has 5 nitrogen and oxygen atoms in total. The first-order chi connectivity index (χ1) is 10.7. The predicted octanol–water partition coefficient (Wildman–Crippen LogP) is 2.72. The number of benzene rings is 1. The number of esters is 1. The third-order valence-electron chi connectivity index (χ3n) is 3.84. The van der Waals surface area contributed by atoms with Crippen LogP contribution in [0.2, 0.25) is 0 Å². The van der Waals surface area contributed by atoms with Crippen LogP contribution < -0.4 is 10.6 Å². The van der Waals surface area contributed by atoms with Crippen molar-refractivity contribution in [2.75, 3.05) is 18.5 Å². The Bertz CT molecular complexity index is 493. The number of hydrogen-bond donors (Lipinski definition) is 2. The van der Waals surface area contributed by atoms with E-state index in [4.69, 9.17) is 4.74 Å². The Morgan fingerprint density at radius 2 is 1.82 bits per heavy atom. The molecule has 2 N–H and O–H groups in total. The van der Waals surface area contributed by atoms with Crippen LogP contribution >= 0.6 is 0 Å². The van der Waals surface area contributed by atoms with E-state index in [1.54, 1.807) is 31.2 Å². The predicted molar refractivity (Wildman–Crippen MR) is 85.9 cm³/mol. The summed E-state index contributed by atoms with van der Waals surface area (Å²) in [5.74, 6) is -0.409. The Morgan fingerprint density at radius 1 is 1.14 bits per heavy atom. The molecule has 0 unspecified atom stereocenters. The van der Waals surface area contributed by atoms with Gasteiger partial charge in [0.2, 0.25) is 5.91 Å². The van der Waals surface area contributed by atoms with E-state index in [0.717, 1.165) is 12.8 Å². The SMILES string of the molecule is CCOC(=O)c1ccc(NC(=O)CNC2CCCCC2)cc1. The molecule has 1 amide bonds. The Balaban J connectivity index is 1.77.